The van der Waals surface area contributed by atoms with Crippen molar-refractivity contribution >= 4 is 11.7 Å². The molecule has 1 saturated heterocycles. The van der Waals surface area contributed by atoms with Crippen LogP contribution in [0.15, 0.2) is 6.07 Å². The summed E-state index contributed by atoms with van der Waals surface area (Å²) < 4.78 is 1.61. The van der Waals surface area contributed by atoms with Gasteiger partial charge in [0.15, 0.2) is 0 Å². The van der Waals surface area contributed by atoms with Crippen LogP contribution in [0.25, 0.3) is 5.78 Å². The lowest BCUT2D eigenvalue weighted by Gasteiger charge is -2.30. The number of rotatable bonds is 5. The molecule has 0 atom stereocenters. The fourth-order valence-electron chi connectivity index (χ4n) is 3.13. The first kappa shape index (κ1) is 16.8. The minimum atomic E-state index is -0.232. The van der Waals surface area contributed by atoms with Crippen LogP contribution in [0.4, 0.5) is 0 Å². The molecule has 1 amide bonds. The van der Waals surface area contributed by atoms with Gasteiger partial charge in [0, 0.05) is 17.9 Å². The van der Waals surface area contributed by atoms with Crippen LogP contribution < -0.4 is 5.32 Å². The van der Waals surface area contributed by atoms with Crippen molar-refractivity contribution in [1.82, 2.24) is 29.8 Å². The highest BCUT2D eigenvalue weighted by atomic mass is 16.2. The maximum atomic E-state index is 12.2. The molecule has 1 aliphatic heterocycles. The first-order chi connectivity index (χ1) is 11.5. The molecule has 7 heteroatoms. The Morgan fingerprint density at radius 3 is 2.79 bits per heavy atom. The number of aryl methyl sites for hydroxylation is 2. The number of nitrogens with one attached hydrogen (secondary N) is 1. The van der Waals surface area contributed by atoms with Crippen LogP contribution in [-0.2, 0) is 0 Å². The Hall–Kier alpha value is -2.02. The Balaban J connectivity index is 1.49. The molecule has 24 heavy (non-hydrogen) atoms. The van der Waals surface area contributed by atoms with E-state index in [0.29, 0.717) is 12.3 Å². The second kappa shape index (κ2) is 7.25. The van der Waals surface area contributed by atoms with Gasteiger partial charge in [-0.3, -0.25) is 4.79 Å². The van der Waals surface area contributed by atoms with Gasteiger partial charge in [-0.05, 0) is 64.7 Å². The second-order valence-electron chi connectivity index (χ2n) is 6.82. The van der Waals surface area contributed by atoms with Gasteiger partial charge in [0.25, 0.3) is 11.7 Å². The summed E-state index contributed by atoms with van der Waals surface area (Å²) in [7, 11) is 0. The normalized spacial score (nSPS) is 16.6. The maximum Gasteiger partial charge on any atom is 0.291 e. The van der Waals surface area contributed by atoms with Crippen LogP contribution in [0.2, 0.25) is 0 Å². The van der Waals surface area contributed by atoms with E-state index in [4.69, 9.17) is 0 Å². The summed E-state index contributed by atoms with van der Waals surface area (Å²) in [5.74, 6) is 1.27. The summed E-state index contributed by atoms with van der Waals surface area (Å²) in [5, 5.41) is 7.16. The summed E-state index contributed by atoms with van der Waals surface area (Å²) in [6.07, 6.45) is 3.51. The van der Waals surface area contributed by atoms with Crippen LogP contribution in [-0.4, -0.2) is 56.6 Å². The lowest BCUT2D eigenvalue weighted by molar-refractivity contribution is 0.0940. The molecule has 0 saturated carbocycles. The molecule has 1 aliphatic rings. The monoisotopic (exact) mass is 330 g/mol. The molecule has 0 aliphatic carbocycles. The van der Waals surface area contributed by atoms with E-state index in [-0.39, 0.29) is 11.7 Å². The quantitative estimate of drug-likeness (QED) is 0.843. The molecule has 2 aromatic heterocycles. The Kier molecular flexibility index (Phi) is 5.08. The molecule has 0 unspecified atom stereocenters. The molecule has 7 nitrogen and oxygen atoms in total. The van der Waals surface area contributed by atoms with E-state index in [1.165, 1.54) is 25.9 Å². The lowest BCUT2D eigenvalue weighted by atomic mass is 9.99. The average Bonchev–Trinajstić information content (AvgIpc) is 2.97. The number of hydrogen-bond donors (Lipinski definition) is 1. The highest BCUT2D eigenvalue weighted by Crippen LogP contribution is 2.15. The molecule has 0 spiro atoms. The average molecular weight is 330 g/mol. The Morgan fingerprint density at radius 1 is 1.29 bits per heavy atom. The zero-order chi connectivity index (χ0) is 17.1. The van der Waals surface area contributed by atoms with Gasteiger partial charge in [0.2, 0.25) is 5.82 Å². The first-order valence-corrected chi connectivity index (χ1v) is 8.74. The van der Waals surface area contributed by atoms with Gasteiger partial charge in [0.05, 0.1) is 0 Å². The minimum absolute atomic E-state index is 0.183. The van der Waals surface area contributed by atoms with Gasteiger partial charge < -0.3 is 10.2 Å². The predicted octanol–water partition coefficient (Wildman–Crippen LogP) is 1.59. The number of aromatic nitrogens is 4. The maximum absolute atomic E-state index is 12.2. The second-order valence-corrected chi connectivity index (χ2v) is 6.82. The zero-order valence-corrected chi connectivity index (χ0v) is 14.7. The van der Waals surface area contributed by atoms with Crippen LogP contribution in [0.1, 0.15) is 48.2 Å². The fraction of sp³-hybridized carbons (Fsp3) is 0.647. The molecule has 3 rings (SSSR count). The van der Waals surface area contributed by atoms with Crippen LogP contribution in [0.3, 0.4) is 0 Å². The molecule has 1 fully saturated rings. The van der Waals surface area contributed by atoms with E-state index in [1.807, 2.05) is 19.9 Å². The van der Waals surface area contributed by atoms with Gasteiger partial charge in [-0.25, -0.2) is 9.50 Å². The number of amides is 1. The highest BCUT2D eigenvalue weighted by Gasteiger charge is 2.16. The molecule has 0 radical (unpaired) electrons. The van der Waals surface area contributed by atoms with Gasteiger partial charge in [-0.15, -0.1) is 5.10 Å². The van der Waals surface area contributed by atoms with Gasteiger partial charge in [0.1, 0.15) is 0 Å². The molecule has 0 aromatic carbocycles. The predicted molar refractivity (Wildman–Crippen MR) is 92.0 cm³/mol. The number of piperidine rings is 1. The third-order valence-electron chi connectivity index (χ3n) is 4.63. The van der Waals surface area contributed by atoms with E-state index in [1.54, 1.807) is 4.52 Å². The smallest absolute Gasteiger partial charge is 0.291 e. The molecule has 1 N–H and O–H groups in total. The van der Waals surface area contributed by atoms with Crippen molar-refractivity contribution in [2.24, 2.45) is 5.92 Å². The number of fused-ring (bicyclic) bond motifs is 1. The van der Waals surface area contributed by atoms with Crippen molar-refractivity contribution in [3.8, 4) is 0 Å². The van der Waals surface area contributed by atoms with Crippen molar-refractivity contribution in [1.29, 1.82) is 0 Å². The Morgan fingerprint density at radius 2 is 2.04 bits per heavy atom. The number of carbonyl (C=O) groups is 1. The van der Waals surface area contributed by atoms with E-state index in [9.17, 15) is 4.79 Å². The SMILES string of the molecule is Cc1cc(C)n2nc(C(=O)NCCCN3CCC(C)CC3)nc2n1. The van der Waals surface area contributed by atoms with Crippen molar-refractivity contribution in [3.05, 3.63) is 23.3 Å². The summed E-state index contributed by atoms with van der Waals surface area (Å²) in [4.78, 5) is 23.2. The van der Waals surface area contributed by atoms with Gasteiger partial charge in [-0.2, -0.15) is 4.98 Å². The van der Waals surface area contributed by atoms with E-state index in [0.717, 1.165) is 30.3 Å². The van der Waals surface area contributed by atoms with E-state index in [2.05, 4.69) is 32.2 Å². The third kappa shape index (κ3) is 3.90. The Labute approximate surface area is 142 Å². The van der Waals surface area contributed by atoms with Crippen molar-refractivity contribution in [3.63, 3.8) is 0 Å². The third-order valence-corrected chi connectivity index (χ3v) is 4.63. The fourth-order valence-corrected chi connectivity index (χ4v) is 3.13. The summed E-state index contributed by atoms with van der Waals surface area (Å²) in [6, 6.07) is 1.92. The Bertz CT molecular complexity index is 717. The van der Waals surface area contributed by atoms with Crippen LogP contribution >= 0.6 is 0 Å². The van der Waals surface area contributed by atoms with Gasteiger partial charge in [-0.1, -0.05) is 6.92 Å². The molecule has 0 bridgehead atoms. The van der Waals surface area contributed by atoms with Crippen molar-refractivity contribution in [2.45, 2.75) is 40.0 Å². The molecule has 130 valence electrons. The number of likely N-dealkylation sites (tertiary alicyclic amines) is 1. The minimum Gasteiger partial charge on any atom is -0.349 e. The first-order valence-electron chi connectivity index (χ1n) is 8.74. The largest absolute Gasteiger partial charge is 0.349 e. The summed E-state index contributed by atoms with van der Waals surface area (Å²) >= 11 is 0. The highest BCUT2D eigenvalue weighted by molar-refractivity contribution is 5.90. The topological polar surface area (TPSA) is 75.4 Å². The van der Waals surface area contributed by atoms with E-state index < -0.39 is 0 Å². The van der Waals surface area contributed by atoms with E-state index >= 15 is 0 Å². The molecule has 2 aromatic rings. The number of nitrogens with zero attached hydrogens (tertiary/aromatic N) is 5. The van der Waals surface area contributed by atoms with Crippen molar-refractivity contribution < 1.29 is 4.79 Å². The lowest BCUT2D eigenvalue weighted by Crippen LogP contribution is -2.35. The standard InChI is InChI=1S/C17H26N6O/c1-12-5-9-22(10-6-12)8-4-7-18-16(24)15-20-17-19-13(2)11-14(3)23(17)21-15/h11-12H,4-10H2,1-3H3,(H,18,24). The van der Waals surface area contributed by atoms with Gasteiger partial charge >= 0.3 is 0 Å². The van der Waals surface area contributed by atoms with Crippen LogP contribution in [0, 0.1) is 19.8 Å². The summed E-state index contributed by atoms with van der Waals surface area (Å²) in [6.45, 7) is 10.2. The zero-order valence-electron chi connectivity index (χ0n) is 14.7. The molecular formula is C17H26N6O. The number of carbonyl (C=O) groups excluding carboxylic acids is 1. The molecule has 3 heterocycles. The van der Waals surface area contributed by atoms with Crippen molar-refractivity contribution in [2.75, 3.05) is 26.2 Å². The van der Waals surface area contributed by atoms with Crippen LogP contribution in [0.5, 0.6) is 0 Å². The summed E-state index contributed by atoms with van der Waals surface area (Å²) in [5.41, 5.74) is 1.79. The number of hydrogen-bond acceptors (Lipinski definition) is 5. The molecular weight excluding hydrogens is 304 g/mol.